The highest BCUT2D eigenvalue weighted by Gasteiger charge is 2.22. The Labute approximate surface area is 198 Å². The van der Waals surface area contributed by atoms with Crippen molar-refractivity contribution in [1.82, 2.24) is 9.97 Å². The lowest BCUT2D eigenvalue weighted by Crippen LogP contribution is -2.11. The molecule has 0 saturated carbocycles. The van der Waals surface area contributed by atoms with Crippen molar-refractivity contribution in [2.75, 3.05) is 7.11 Å². The fourth-order valence-corrected chi connectivity index (χ4v) is 5.82. The van der Waals surface area contributed by atoms with E-state index >= 15 is 0 Å². The van der Waals surface area contributed by atoms with Crippen molar-refractivity contribution in [2.45, 2.75) is 32.3 Å². The van der Waals surface area contributed by atoms with E-state index in [2.05, 4.69) is 4.98 Å². The Morgan fingerprint density at radius 1 is 1.16 bits per heavy atom. The fraction of sp³-hybridized carbons (Fsp3) is 0.250. The van der Waals surface area contributed by atoms with Gasteiger partial charge < -0.3 is 14.5 Å². The first kappa shape index (κ1) is 21.3. The topological polar surface area (TPSA) is 64.2 Å². The second-order valence-electron chi connectivity index (χ2n) is 7.67. The lowest BCUT2D eigenvalue weighted by atomic mass is 9.97. The third-order valence-electron chi connectivity index (χ3n) is 5.67. The van der Waals surface area contributed by atoms with Gasteiger partial charge in [0.25, 0.3) is 5.56 Å². The van der Waals surface area contributed by atoms with Crippen LogP contribution >= 0.6 is 34.5 Å². The molecular weight excluding hydrogens is 467 g/mol. The molecule has 2 heterocycles. The van der Waals surface area contributed by atoms with E-state index in [0.717, 1.165) is 47.0 Å². The van der Waals surface area contributed by atoms with E-state index in [4.69, 9.17) is 37.7 Å². The molecule has 0 spiro atoms. The Morgan fingerprint density at radius 2 is 2.00 bits per heavy atom. The summed E-state index contributed by atoms with van der Waals surface area (Å²) in [6, 6.07) is 10.8. The maximum absolute atomic E-state index is 13.0. The molecule has 0 aliphatic heterocycles. The highest BCUT2D eigenvalue weighted by atomic mass is 35.5. The number of hydrogen-bond donors (Lipinski definition) is 1. The monoisotopic (exact) mass is 486 g/mol. The number of fused-ring (bicyclic) bond motifs is 3. The third kappa shape index (κ3) is 3.87. The molecule has 0 unspecified atom stereocenters. The molecule has 4 aromatic rings. The number of halogens is 2. The molecule has 0 fully saturated rings. The first-order valence-electron chi connectivity index (χ1n) is 10.3. The van der Waals surface area contributed by atoms with E-state index in [-0.39, 0.29) is 12.2 Å². The Morgan fingerprint density at radius 3 is 2.81 bits per heavy atom. The molecule has 0 saturated heterocycles. The molecule has 5 rings (SSSR count). The molecule has 32 heavy (non-hydrogen) atoms. The summed E-state index contributed by atoms with van der Waals surface area (Å²) < 4.78 is 11.7. The van der Waals surface area contributed by atoms with Crippen LogP contribution < -0.4 is 15.0 Å². The summed E-state index contributed by atoms with van der Waals surface area (Å²) in [4.78, 5) is 22.9. The Kier molecular flexibility index (Phi) is 5.84. The molecule has 0 atom stereocenters. The molecule has 0 bridgehead atoms. The highest BCUT2D eigenvalue weighted by molar-refractivity contribution is 7.18. The molecule has 0 amide bonds. The quantitative estimate of drug-likeness (QED) is 0.353. The molecule has 8 heteroatoms. The first-order valence-corrected chi connectivity index (χ1v) is 11.9. The summed E-state index contributed by atoms with van der Waals surface area (Å²) in [5.74, 6) is 1.49. The van der Waals surface area contributed by atoms with E-state index in [0.29, 0.717) is 32.9 Å². The van der Waals surface area contributed by atoms with Crippen molar-refractivity contribution in [3.63, 3.8) is 0 Å². The summed E-state index contributed by atoms with van der Waals surface area (Å²) in [5.41, 5.74) is 2.49. The van der Waals surface area contributed by atoms with E-state index in [1.807, 2.05) is 24.3 Å². The van der Waals surface area contributed by atoms with Crippen LogP contribution in [0.4, 0.5) is 0 Å². The molecule has 164 valence electrons. The molecule has 0 radical (unpaired) electrons. The second kappa shape index (κ2) is 8.77. The van der Waals surface area contributed by atoms with Gasteiger partial charge in [-0.2, -0.15) is 0 Å². The zero-order valence-electron chi connectivity index (χ0n) is 17.3. The van der Waals surface area contributed by atoms with Gasteiger partial charge in [0, 0.05) is 20.5 Å². The number of nitrogens with zero attached hydrogens (tertiary/aromatic N) is 1. The van der Waals surface area contributed by atoms with Crippen LogP contribution in [0, 0.1) is 0 Å². The molecule has 1 aliphatic rings. The number of aromatic amines is 1. The van der Waals surface area contributed by atoms with Gasteiger partial charge in [-0.05, 0) is 55.5 Å². The maximum atomic E-state index is 13.0. The van der Waals surface area contributed by atoms with Crippen LogP contribution in [0.2, 0.25) is 10.0 Å². The average Bonchev–Trinajstić information content (AvgIpc) is 3.17. The molecule has 1 N–H and O–H groups in total. The van der Waals surface area contributed by atoms with Crippen molar-refractivity contribution in [1.29, 1.82) is 0 Å². The maximum Gasteiger partial charge on any atom is 0.260 e. The van der Waals surface area contributed by atoms with Crippen LogP contribution in [0.15, 0.2) is 41.2 Å². The molecule has 2 aromatic heterocycles. The smallest absolute Gasteiger partial charge is 0.260 e. The average molecular weight is 487 g/mol. The molecule has 2 aromatic carbocycles. The van der Waals surface area contributed by atoms with Crippen LogP contribution in [-0.4, -0.2) is 17.1 Å². The summed E-state index contributed by atoms with van der Waals surface area (Å²) in [6.07, 6.45) is 4.22. The first-order chi connectivity index (χ1) is 15.5. The Bertz CT molecular complexity index is 1380. The van der Waals surface area contributed by atoms with E-state index in [1.165, 1.54) is 4.88 Å². The summed E-state index contributed by atoms with van der Waals surface area (Å²) >= 11 is 13.9. The number of aryl methyl sites for hydroxylation is 2. The van der Waals surface area contributed by atoms with Gasteiger partial charge in [-0.25, -0.2) is 4.98 Å². The number of H-pyrrole nitrogens is 1. The summed E-state index contributed by atoms with van der Waals surface area (Å²) in [7, 11) is 1.58. The number of methoxy groups -OCH3 is 1. The minimum absolute atomic E-state index is 0.112. The number of para-hydroxylation sites is 1. The van der Waals surface area contributed by atoms with Crippen molar-refractivity contribution in [3.8, 4) is 22.9 Å². The van der Waals surface area contributed by atoms with Gasteiger partial charge in [0.15, 0.2) is 11.5 Å². The minimum Gasteiger partial charge on any atom is -0.493 e. The number of thiophene rings is 1. The van der Waals surface area contributed by atoms with Crippen molar-refractivity contribution < 1.29 is 9.47 Å². The zero-order valence-corrected chi connectivity index (χ0v) is 19.7. The standard InChI is InChI=1S/C24H20Cl2N2O3S/c1-30-18-7-4-6-16(21(18)31-12-13-9-10-14(25)11-17(13)26)22-27-23(29)20-15-5-2-3-8-19(15)32-24(20)28-22/h4,6-7,9-11H,2-3,5,8,12H2,1H3,(H,27,28,29). The van der Waals surface area contributed by atoms with Gasteiger partial charge in [0.05, 0.1) is 18.1 Å². The zero-order chi connectivity index (χ0) is 22.2. The highest BCUT2D eigenvalue weighted by Crippen LogP contribution is 2.39. The number of hydrogen-bond acceptors (Lipinski definition) is 5. The van der Waals surface area contributed by atoms with Crippen LogP contribution in [0.3, 0.4) is 0 Å². The number of benzene rings is 2. The van der Waals surface area contributed by atoms with Crippen LogP contribution in [0.5, 0.6) is 11.5 Å². The van der Waals surface area contributed by atoms with E-state index < -0.39 is 0 Å². The second-order valence-corrected chi connectivity index (χ2v) is 9.59. The number of nitrogens with one attached hydrogen (secondary N) is 1. The van der Waals surface area contributed by atoms with Crippen molar-refractivity contribution in [2.24, 2.45) is 0 Å². The molecule has 5 nitrogen and oxygen atoms in total. The van der Waals surface area contributed by atoms with E-state index in [1.54, 1.807) is 30.6 Å². The van der Waals surface area contributed by atoms with Gasteiger partial charge >= 0.3 is 0 Å². The van der Waals surface area contributed by atoms with Crippen molar-refractivity contribution >= 4 is 44.8 Å². The molecule has 1 aliphatic carbocycles. The summed E-state index contributed by atoms with van der Waals surface area (Å²) in [5, 5.41) is 1.81. The van der Waals surface area contributed by atoms with Crippen LogP contribution in [0.1, 0.15) is 28.8 Å². The van der Waals surface area contributed by atoms with Gasteiger partial charge in [0.1, 0.15) is 17.3 Å². The number of ether oxygens (including phenoxy) is 2. The summed E-state index contributed by atoms with van der Waals surface area (Å²) in [6.45, 7) is 0.211. The minimum atomic E-state index is -0.112. The van der Waals surface area contributed by atoms with Crippen LogP contribution in [0.25, 0.3) is 21.6 Å². The van der Waals surface area contributed by atoms with Gasteiger partial charge in [-0.3, -0.25) is 4.79 Å². The normalized spacial score (nSPS) is 13.2. The third-order valence-corrected chi connectivity index (χ3v) is 7.44. The predicted molar refractivity (Wildman–Crippen MR) is 130 cm³/mol. The Hall–Kier alpha value is -2.54. The van der Waals surface area contributed by atoms with Crippen LogP contribution in [-0.2, 0) is 19.4 Å². The lowest BCUT2D eigenvalue weighted by Gasteiger charge is -2.15. The number of rotatable bonds is 5. The largest absolute Gasteiger partial charge is 0.493 e. The SMILES string of the molecule is COc1cccc(-c2nc3sc4c(c3c(=O)[nH]2)CCCC4)c1OCc1ccc(Cl)cc1Cl. The Balaban J connectivity index is 1.57. The lowest BCUT2D eigenvalue weighted by molar-refractivity contribution is 0.285. The van der Waals surface area contributed by atoms with Crippen molar-refractivity contribution in [3.05, 3.63) is 72.8 Å². The van der Waals surface area contributed by atoms with E-state index in [9.17, 15) is 4.79 Å². The fourth-order valence-electron chi connectivity index (χ4n) is 4.09. The molecular formula is C24H20Cl2N2O3S. The van der Waals surface area contributed by atoms with Gasteiger partial charge in [-0.1, -0.05) is 35.3 Å². The predicted octanol–water partition coefficient (Wildman–Crippen LogP) is 6.42. The number of aromatic nitrogens is 2. The van der Waals surface area contributed by atoms with Gasteiger partial charge in [0.2, 0.25) is 0 Å². The van der Waals surface area contributed by atoms with Gasteiger partial charge in [-0.15, -0.1) is 11.3 Å².